The smallest absolute Gasteiger partial charge is 0.256 e. The van der Waals surface area contributed by atoms with E-state index in [1.807, 2.05) is 0 Å². The van der Waals surface area contributed by atoms with Crippen LogP contribution in [0.15, 0.2) is 18.2 Å². The second kappa shape index (κ2) is 4.84. The number of carbonyl (C=O) groups is 1. The van der Waals surface area contributed by atoms with Gasteiger partial charge in [-0.1, -0.05) is 12.1 Å². The number of rotatable bonds is 1. The highest BCUT2D eigenvalue weighted by Crippen LogP contribution is 2.17. The van der Waals surface area contributed by atoms with E-state index in [-0.39, 0.29) is 17.5 Å². The zero-order chi connectivity index (χ0) is 12.4. The fourth-order valence-corrected chi connectivity index (χ4v) is 2.18. The van der Waals surface area contributed by atoms with Gasteiger partial charge < -0.3 is 10.6 Å². The Labute approximate surface area is 100 Å². The van der Waals surface area contributed by atoms with Crippen LogP contribution in [0.25, 0.3) is 0 Å². The number of hydrogen-bond acceptors (Lipinski definition) is 2. The summed E-state index contributed by atoms with van der Waals surface area (Å²) < 4.78 is 13.8. The molecule has 1 aliphatic heterocycles. The van der Waals surface area contributed by atoms with Gasteiger partial charge in [0.2, 0.25) is 0 Å². The molecule has 92 valence electrons. The van der Waals surface area contributed by atoms with Crippen LogP contribution in [0.3, 0.4) is 0 Å². The number of benzene rings is 1. The van der Waals surface area contributed by atoms with Crippen molar-refractivity contribution in [2.45, 2.75) is 25.8 Å². The van der Waals surface area contributed by atoms with Gasteiger partial charge in [0.15, 0.2) is 0 Å². The van der Waals surface area contributed by atoms with E-state index in [0.29, 0.717) is 18.7 Å². The van der Waals surface area contributed by atoms with E-state index in [9.17, 15) is 9.18 Å². The molecular formula is C13H17FN2O. The quantitative estimate of drug-likeness (QED) is 0.806. The number of nitrogens with zero attached hydrogens (tertiary/aromatic N) is 1. The SMILES string of the molecule is Cc1cccc(C(=O)N2CCC[C@@H](N)C2)c1F. The fourth-order valence-electron chi connectivity index (χ4n) is 2.18. The first-order chi connectivity index (χ1) is 8.09. The molecule has 0 unspecified atom stereocenters. The Morgan fingerprint density at radius 2 is 2.29 bits per heavy atom. The van der Waals surface area contributed by atoms with E-state index >= 15 is 0 Å². The lowest BCUT2D eigenvalue weighted by atomic mass is 10.0. The van der Waals surface area contributed by atoms with E-state index in [4.69, 9.17) is 5.73 Å². The average molecular weight is 236 g/mol. The molecule has 1 atom stereocenters. The number of nitrogens with two attached hydrogens (primary N) is 1. The van der Waals surface area contributed by atoms with Crippen molar-refractivity contribution in [3.8, 4) is 0 Å². The number of carbonyl (C=O) groups excluding carboxylic acids is 1. The Balaban J connectivity index is 2.22. The van der Waals surface area contributed by atoms with Crippen LogP contribution in [0.5, 0.6) is 0 Å². The number of amides is 1. The molecule has 1 aromatic rings. The van der Waals surface area contributed by atoms with Gasteiger partial charge in [0.05, 0.1) is 5.56 Å². The summed E-state index contributed by atoms with van der Waals surface area (Å²) in [6, 6.07) is 4.91. The summed E-state index contributed by atoms with van der Waals surface area (Å²) in [7, 11) is 0. The highest BCUT2D eigenvalue weighted by molar-refractivity contribution is 5.94. The molecule has 0 radical (unpaired) electrons. The van der Waals surface area contributed by atoms with Gasteiger partial charge in [-0.15, -0.1) is 0 Å². The topological polar surface area (TPSA) is 46.3 Å². The minimum absolute atomic E-state index is 0.0144. The maximum Gasteiger partial charge on any atom is 0.256 e. The predicted octanol–water partition coefficient (Wildman–Crippen LogP) is 1.70. The number of likely N-dealkylation sites (tertiary alicyclic amines) is 1. The molecule has 1 saturated heterocycles. The number of piperidine rings is 1. The molecule has 1 heterocycles. The minimum atomic E-state index is -0.420. The number of hydrogen-bond donors (Lipinski definition) is 1. The van der Waals surface area contributed by atoms with Crippen LogP contribution in [0.1, 0.15) is 28.8 Å². The van der Waals surface area contributed by atoms with Crippen molar-refractivity contribution in [1.29, 1.82) is 0 Å². The largest absolute Gasteiger partial charge is 0.337 e. The van der Waals surface area contributed by atoms with Crippen molar-refractivity contribution >= 4 is 5.91 Å². The summed E-state index contributed by atoms with van der Waals surface area (Å²) in [4.78, 5) is 13.8. The molecule has 1 amide bonds. The summed E-state index contributed by atoms with van der Waals surface area (Å²) in [6.45, 7) is 2.85. The Hall–Kier alpha value is -1.42. The standard InChI is InChI=1S/C13H17FN2O/c1-9-4-2-6-11(12(9)14)13(17)16-7-3-5-10(15)8-16/h2,4,6,10H,3,5,7-8,15H2,1H3/t10-/m1/s1. The van der Waals surface area contributed by atoms with Crippen LogP contribution < -0.4 is 5.73 Å². The van der Waals surface area contributed by atoms with E-state index in [1.165, 1.54) is 6.07 Å². The molecule has 4 heteroatoms. The fraction of sp³-hybridized carbons (Fsp3) is 0.462. The van der Waals surface area contributed by atoms with Crippen LogP contribution in [-0.2, 0) is 0 Å². The first kappa shape index (κ1) is 12.0. The molecule has 2 rings (SSSR count). The third-order valence-electron chi connectivity index (χ3n) is 3.17. The first-order valence-corrected chi connectivity index (χ1v) is 5.89. The maximum atomic E-state index is 13.8. The summed E-state index contributed by atoms with van der Waals surface area (Å²) in [6.07, 6.45) is 1.82. The normalized spacial score (nSPS) is 20.4. The molecule has 2 N–H and O–H groups in total. The van der Waals surface area contributed by atoms with Gasteiger partial charge in [-0.25, -0.2) is 4.39 Å². The molecule has 1 fully saturated rings. The molecular weight excluding hydrogens is 219 g/mol. The summed E-state index contributed by atoms with van der Waals surface area (Å²) in [5, 5.41) is 0. The van der Waals surface area contributed by atoms with E-state index in [2.05, 4.69) is 0 Å². The molecule has 0 bridgehead atoms. The molecule has 0 aromatic heterocycles. The van der Waals surface area contributed by atoms with Crippen molar-refractivity contribution in [1.82, 2.24) is 4.90 Å². The van der Waals surface area contributed by atoms with E-state index in [0.717, 1.165) is 12.8 Å². The molecule has 0 saturated carbocycles. The lowest BCUT2D eigenvalue weighted by molar-refractivity contribution is 0.0704. The zero-order valence-corrected chi connectivity index (χ0v) is 9.95. The van der Waals surface area contributed by atoms with Crippen molar-refractivity contribution in [3.63, 3.8) is 0 Å². The van der Waals surface area contributed by atoms with Crippen LogP contribution in [-0.4, -0.2) is 29.9 Å². The Morgan fingerprint density at radius 1 is 1.53 bits per heavy atom. The van der Waals surface area contributed by atoms with Crippen molar-refractivity contribution < 1.29 is 9.18 Å². The van der Waals surface area contributed by atoms with Crippen molar-refractivity contribution in [3.05, 3.63) is 35.1 Å². The lowest BCUT2D eigenvalue weighted by Crippen LogP contribution is -2.45. The monoisotopic (exact) mass is 236 g/mol. The van der Waals surface area contributed by atoms with Gasteiger partial charge in [-0.3, -0.25) is 4.79 Å². The predicted molar refractivity (Wildman–Crippen MR) is 64.2 cm³/mol. The van der Waals surface area contributed by atoms with E-state index in [1.54, 1.807) is 24.0 Å². The minimum Gasteiger partial charge on any atom is -0.337 e. The molecule has 0 aliphatic carbocycles. The second-order valence-corrected chi connectivity index (χ2v) is 4.59. The van der Waals surface area contributed by atoms with Crippen LogP contribution in [0, 0.1) is 12.7 Å². The van der Waals surface area contributed by atoms with Gasteiger partial charge in [-0.05, 0) is 31.4 Å². The molecule has 1 aliphatic rings. The second-order valence-electron chi connectivity index (χ2n) is 4.59. The Bertz CT molecular complexity index is 433. The Kier molecular flexibility index (Phi) is 3.43. The molecule has 17 heavy (non-hydrogen) atoms. The molecule has 1 aromatic carbocycles. The van der Waals surface area contributed by atoms with Gasteiger partial charge in [0, 0.05) is 19.1 Å². The Morgan fingerprint density at radius 3 is 3.00 bits per heavy atom. The molecule has 0 spiro atoms. The number of aryl methyl sites for hydroxylation is 1. The third-order valence-corrected chi connectivity index (χ3v) is 3.17. The van der Waals surface area contributed by atoms with E-state index < -0.39 is 5.82 Å². The highest BCUT2D eigenvalue weighted by Gasteiger charge is 2.24. The maximum absolute atomic E-state index is 13.8. The summed E-state index contributed by atoms with van der Waals surface area (Å²) in [5.41, 5.74) is 6.47. The lowest BCUT2D eigenvalue weighted by Gasteiger charge is -2.31. The first-order valence-electron chi connectivity index (χ1n) is 5.89. The van der Waals surface area contributed by atoms with Gasteiger partial charge in [0.25, 0.3) is 5.91 Å². The van der Waals surface area contributed by atoms with Crippen LogP contribution in [0.2, 0.25) is 0 Å². The van der Waals surface area contributed by atoms with Crippen LogP contribution in [0.4, 0.5) is 4.39 Å². The van der Waals surface area contributed by atoms with Gasteiger partial charge in [0.1, 0.15) is 5.82 Å². The van der Waals surface area contributed by atoms with Gasteiger partial charge >= 0.3 is 0 Å². The van der Waals surface area contributed by atoms with Crippen molar-refractivity contribution in [2.24, 2.45) is 5.73 Å². The number of halogens is 1. The van der Waals surface area contributed by atoms with Crippen molar-refractivity contribution in [2.75, 3.05) is 13.1 Å². The third kappa shape index (κ3) is 2.47. The van der Waals surface area contributed by atoms with Gasteiger partial charge in [-0.2, -0.15) is 0 Å². The molecule has 3 nitrogen and oxygen atoms in total. The van der Waals surface area contributed by atoms with Crippen LogP contribution >= 0.6 is 0 Å². The average Bonchev–Trinajstić information content (AvgIpc) is 2.32. The summed E-state index contributed by atoms with van der Waals surface area (Å²) in [5.74, 6) is -0.669. The summed E-state index contributed by atoms with van der Waals surface area (Å²) >= 11 is 0. The zero-order valence-electron chi connectivity index (χ0n) is 9.95. The highest BCUT2D eigenvalue weighted by atomic mass is 19.1.